The molecule has 0 saturated carbocycles. The number of hydrogen-bond acceptors (Lipinski definition) is 3. The van der Waals surface area contributed by atoms with Crippen molar-refractivity contribution in [2.45, 2.75) is 19.9 Å². The van der Waals surface area contributed by atoms with Crippen LogP contribution in [0.1, 0.15) is 23.0 Å². The second-order valence-corrected chi connectivity index (χ2v) is 4.84. The van der Waals surface area contributed by atoms with Gasteiger partial charge in [0, 0.05) is 13.2 Å². The van der Waals surface area contributed by atoms with Crippen LogP contribution in [0.2, 0.25) is 0 Å². The van der Waals surface area contributed by atoms with Crippen LogP contribution in [0.15, 0.2) is 30.5 Å². The quantitative estimate of drug-likeness (QED) is 0.917. The fraction of sp³-hybridized carbons (Fsp3) is 0.333. The van der Waals surface area contributed by atoms with E-state index in [0.717, 1.165) is 0 Å². The van der Waals surface area contributed by atoms with Crippen molar-refractivity contribution < 1.29 is 13.9 Å². The molecule has 1 heterocycles. The highest BCUT2D eigenvalue weighted by Gasteiger charge is 2.18. The summed E-state index contributed by atoms with van der Waals surface area (Å²) in [4.78, 5) is 12.2. The van der Waals surface area contributed by atoms with Gasteiger partial charge in [-0.1, -0.05) is 12.1 Å². The first kappa shape index (κ1) is 15.2. The number of carbonyl (C=O) groups excluding carboxylic acids is 1. The summed E-state index contributed by atoms with van der Waals surface area (Å²) in [5, 5.41) is 6.91. The fourth-order valence-corrected chi connectivity index (χ4v) is 2.09. The minimum Gasteiger partial charge on any atom is -0.383 e. The third-order valence-electron chi connectivity index (χ3n) is 3.13. The van der Waals surface area contributed by atoms with Gasteiger partial charge in [0.2, 0.25) is 0 Å². The highest BCUT2D eigenvalue weighted by Crippen LogP contribution is 2.17. The Morgan fingerprint density at radius 3 is 2.86 bits per heavy atom. The predicted molar refractivity (Wildman–Crippen MR) is 77.1 cm³/mol. The molecule has 0 saturated heterocycles. The number of ether oxygens (including phenoxy) is 1. The van der Waals surface area contributed by atoms with Crippen LogP contribution in [0, 0.1) is 12.7 Å². The van der Waals surface area contributed by atoms with Crippen molar-refractivity contribution in [3.63, 3.8) is 0 Å². The van der Waals surface area contributed by atoms with Gasteiger partial charge >= 0.3 is 0 Å². The average molecular weight is 291 g/mol. The second-order valence-electron chi connectivity index (χ2n) is 4.84. The van der Waals surface area contributed by atoms with Crippen LogP contribution in [-0.4, -0.2) is 35.4 Å². The van der Waals surface area contributed by atoms with Gasteiger partial charge in [-0.2, -0.15) is 5.10 Å². The molecule has 0 fully saturated rings. The zero-order valence-electron chi connectivity index (χ0n) is 12.3. The molecule has 2 rings (SSSR count). The number of amides is 1. The van der Waals surface area contributed by atoms with Crippen LogP contribution >= 0.6 is 0 Å². The Morgan fingerprint density at radius 2 is 2.19 bits per heavy atom. The summed E-state index contributed by atoms with van der Waals surface area (Å²) in [7, 11) is 1.57. The zero-order chi connectivity index (χ0) is 15.4. The van der Waals surface area contributed by atoms with Crippen LogP contribution in [-0.2, 0) is 4.74 Å². The molecule has 5 nitrogen and oxygen atoms in total. The highest BCUT2D eigenvalue weighted by atomic mass is 19.1. The first-order valence-corrected chi connectivity index (χ1v) is 6.64. The maximum absolute atomic E-state index is 13.8. The molecule has 0 bridgehead atoms. The van der Waals surface area contributed by atoms with Gasteiger partial charge in [-0.25, -0.2) is 9.07 Å². The van der Waals surface area contributed by atoms with Crippen molar-refractivity contribution in [2.75, 3.05) is 13.7 Å². The molecule has 1 atom stereocenters. The second kappa shape index (κ2) is 6.49. The van der Waals surface area contributed by atoms with Crippen molar-refractivity contribution in [3.8, 4) is 5.69 Å². The van der Waals surface area contributed by atoms with Gasteiger partial charge in [-0.15, -0.1) is 0 Å². The third kappa shape index (κ3) is 3.28. The van der Waals surface area contributed by atoms with Gasteiger partial charge in [-0.3, -0.25) is 4.79 Å². The summed E-state index contributed by atoms with van der Waals surface area (Å²) in [6.07, 6.45) is 1.44. The Balaban J connectivity index is 2.25. The van der Waals surface area contributed by atoms with Crippen molar-refractivity contribution in [2.24, 2.45) is 0 Å². The van der Waals surface area contributed by atoms with Gasteiger partial charge in [-0.05, 0) is 26.0 Å². The lowest BCUT2D eigenvalue weighted by molar-refractivity contribution is 0.0905. The van der Waals surface area contributed by atoms with E-state index >= 15 is 0 Å². The van der Waals surface area contributed by atoms with Crippen LogP contribution < -0.4 is 5.32 Å². The largest absolute Gasteiger partial charge is 0.383 e. The molecule has 1 unspecified atom stereocenters. The SMILES string of the molecule is COCC(C)NC(=O)c1cnn(-c2ccccc2F)c1C. The maximum Gasteiger partial charge on any atom is 0.255 e. The van der Waals surface area contributed by atoms with E-state index in [1.807, 2.05) is 6.92 Å². The summed E-state index contributed by atoms with van der Waals surface area (Å²) < 4.78 is 20.2. The smallest absolute Gasteiger partial charge is 0.255 e. The van der Waals surface area contributed by atoms with Crippen molar-refractivity contribution in [3.05, 3.63) is 47.5 Å². The summed E-state index contributed by atoms with van der Waals surface area (Å²) in [6.45, 7) is 4.00. The molecule has 1 amide bonds. The number of hydrogen-bond donors (Lipinski definition) is 1. The summed E-state index contributed by atoms with van der Waals surface area (Å²) in [5.74, 6) is -0.636. The Bertz CT molecular complexity index is 640. The molecule has 0 aliphatic heterocycles. The lowest BCUT2D eigenvalue weighted by Gasteiger charge is -2.12. The molecule has 112 valence electrons. The number of rotatable bonds is 5. The number of carbonyl (C=O) groups is 1. The number of nitrogens with one attached hydrogen (secondary N) is 1. The van der Waals surface area contributed by atoms with Crippen LogP contribution in [0.5, 0.6) is 0 Å². The van der Waals surface area contributed by atoms with Gasteiger partial charge in [0.1, 0.15) is 11.5 Å². The van der Waals surface area contributed by atoms with E-state index in [9.17, 15) is 9.18 Å². The molecule has 0 aliphatic rings. The number of aromatic nitrogens is 2. The molecule has 1 N–H and O–H groups in total. The van der Waals surface area contributed by atoms with Crippen molar-refractivity contribution in [1.82, 2.24) is 15.1 Å². The first-order chi connectivity index (χ1) is 10.0. The van der Waals surface area contributed by atoms with Gasteiger partial charge in [0.15, 0.2) is 0 Å². The van der Waals surface area contributed by atoms with Crippen LogP contribution in [0.3, 0.4) is 0 Å². The Hall–Kier alpha value is -2.21. The monoisotopic (exact) mass is 291 g/mol. The number of nitrogens with zero attached hydrogens (tertiary/aromatic N) is 2. The van der Waals surface area contributed by atoms with Crippen molar-refractivity contribution in [1.29, 1.82) is 0 Å². The van der Waals surface area contributed by atoms with E-state index in [2.05, 4.69) is 10.4 Å². The lowest BCUT2D eigenvalue weighted by Crippen LogP contribution is -2.35. The molecule has 6 heteroatoms. The molecule has 21 heavy (non-hydrogen) atoms. The first-order valence-electron chi connectivity index (χ1n) is 6.64. The predicted octanol–water partition coefficient (Wildman–Crippen LogP) is 2.08. The van der Waals surface area contributed by atoms with E-state index in [-0.39, 0.29) is 17.8 Å². The number of halogens is 1. The normalized spacial score (nSPS) is 12.2. The summed E-state index contributed by atoms with van der Waals surface area (Å²) in [6, 6.07) is 6.19. The maximum atomic E-state index is 13.8. The fourth-order valence-electron chi connectivity index (χ4n) is 2.09. The van der Waals surface area contributed by atoms with E-state index in [1.54, 1.807) is 32.2 Å². The highest BCUT2D eigenvalue weighted by molar-refractivity contribution is 5.95. The minimum atomic E-state index is -0.386. The number of para-hydroxylation sites is 1. The van der Waals surface area contributed by atoms with Crippen LogP contribution in [0.25, 0.3) is 5.69 Å². The molecule has 0 aliphatic carbocycles. The molecule has 2 aromatic rings. The molecule has 0 spiro atoms. The molecular formula is C15H18FN3O2. The van der Waals surface area contributed by atoms with E-state index in [4.69, 9.17) is 4.74 Å². The summed E-state index contributed by atoms with van der Waals surface area (Å²) in [5.41, 5.74) is 1.32. The van der Waals surface area contributed by atoms with Crippen LogP contribution in [0.4, 0.5) is 4.39 Å². The standard InChI is InChI=1S/C15H18FN3O2/c1-10(9-21-3)18-15(20)12-8-17-19(11(12)2)14-7-5-4-6-13(14)16/h4-8,10H,9H2,1-3H3,(H,18,20). The average Bonchev–Trinajstić information content (AvgIpc) is 2.81. The lowest BCUT2D eigenvalue weighted by atomic mass is 10.2. The van der Waals surface area contributed by atoms with Gasteiger partial charge in [0.05, 0.1) is 24.1 Å². The third-order valence-corrected chi connectivity index (χ3v) is 3.13. The Labute approximate surface area is 122 Å². The Kier molecular flexibility index (Phi) is 4.70. The zero-order valence-corrected chi connectivity index (χ0v) is 12.3. The van der Waals surface area contributed by atoms with Gasteiger partial charge in [0.25, 0.3) is 5.91 Å². The topological polar surface area (TPSA) is 56.1 Å². The molecular weight excluding hydrogens is 273 g/mol. The van der Waals surface area contributed by atoms with Gasteiger partial charge < -0.3 is 10.1 Å². The van der Waals surface area contributed by atoms with E-state index in [1.165, 1.54) is 16.9 Å². The summed E-state index contributed by atoms with van der Waals surface area (Å²) >= 11 is 0. The molecule has 0 radical (unpaired) electrons. The molecule has 1 aromatic heterocycles. The Morgan fingerprint density at radius 1 is 1.48 bits per heavy atom. The number of benzene rings is 1. The van der Waals surface area contributed by atoms with E-state index in [0.29, 0.717) is 23.6 Å². The molecule has 1 aromatic carbocycles. The van der Waals surface area contributed by atoms with Crippen molar-refractivity contribution >= 4 is 5.91 Å². The van der Waals surface area contributed by atoms with E-state index < -0.39 is 0 Å². The number of methoxy groups -OCH3 is 1. The minimum absolute atomic E-state index is 0.112.